The predicted octanol–water partition coefficient (Wildman–Crippen LogP) is 7.22. The van der Waals surface area contributed by atoms with E-state index in [1.165, 1.54) is 35.4 Å². The molecule has 0 aliphatic rings. The fourth-order valence-corrected chi connectivity index (χ4v) is 5.48. The van der Waals surface area contributed by atoms with E-state index in [0.717, 1.165) is 61.1 Å². The fourth-order valence-electron chi connectivity index (χ4n) is 3.62. The van der Waals surface area contributed by atoms with Crippen LogP contribution in [0.5, 0.6) is 0 Å². The molecular weight excluding hydrogens is 488 g/mol. The molecule has 0 aliphatic heterocycles. The number of carbonyl (C=O) groups excluding carboxylic acids is 2. The number of unbranched alkanes of at least 4 members (excludes halogenated alkanes) is 7. The van der Waals surface area contributed by atoms with Crippen molar-refractivity contribution in [2.24, 2.45) is 10.2 Å². The van der Waals surface area contributed by atoms with Gasteiger partial charge in [0, 0.05) is 32.4 Å². The van der Waals surface area contributed by atoms with Gasteiger partial charge < -0.3 is 0 Å². The molecule has 0 saturated heterocycles. The third-order valence-electron chi connectivity index (χ3n) is 5.74. The summed E-state index contributed by atoms with van der Waals surface area (Å²) in [7, 11) is 0. The Bertz CT molecular complexity index is 873. The van der Waals surface area contributed by atoms with Crippen LogP contribution in [0.2, 0.25) is 0 Å². The summed E-state index contributed by atoms with van der Waals surface area (Å²) in [6.45, 7) is 4.39. The van der Waals surface area contributed by atoms with Gasteiger partial charge in [-0.3, -0.25) is 9.59 Å². The summed E-state index contributed by atoms with van der Waals surface area (Å²) in [5.74, 6) is -0.0723. The van der Waals surface area contributed by atoms with Gasteiger partial charge in [0.05, 0.1) is 12.4 Å². The molecule has 2 rings (SSSR count). The number of amides is 2. The molecule has 0 saturated carbocycles. The van der Waals surface area contributed by atoms with Gasteiger partial charge in [0.1, 0.15) is 0 Å². The van der Waals surface area contributed by atoms with Crippen LogP contribution < -0.4 is 10.9 Å². The first-order valence-electron chi connectivity index (χ1n) is 13.4. The third kappa shape index (κ3) is 13.7. The molecule has 8 heteroatoms. The summed E-state index contributed by atoms with van der Waals surface area (Å²) in [5.41, 5.74) is 5.25. The van der Waals surface area contributed by atoms with Crippen LogP contribution in [0.1, 0.15) is 110 Å². The molecule has 0 bridgehead atoms. The highest BCUT2D eigenvalue weighted by atomic mass is 32.1. The Hall–Kier alpha value is -2.32. The second kappa shape index (κ2) is 18.9. The van der Waals surface area contributed by atoms with Crippen molar-refractivity contribution in [3.63, 3.8) is 0 Å². The summed E-state index contributed by atoms with van der Waals surface area (Å²) in [5, 5.41) is 8.16. The zero-order valence-corrected chi connectivity index (χ0v) is 23.5. The fraction of sp³-hybridized carbons (Fsp3) is 0.571. The van der Waals surface area contributed by atoms with Crippen molar-refractivity contribution in [1.82, 2.24) is 10.9 Å². The Morgan fingerprint density at radius 3 is 1.50 bits per heavy atom. The van der Waals surface area contributed by atoms with Gasteiger partial charge in [-0.05, 0) is 62.8 Å². The van der Waals surface area contributed by atoms with Crippen LogP contribution in [0.25, 0.3) is 0 Å². The van der Waals surface area contributed by atoms with Crippen LogP contribution in [0.15, 0.2) is 34.5 Å². The van der Waals surface area contributed by atoms with E-state index in [-0.39, 0.29) is 11.8 Å². The van der Waals surface area contributed by atoms with Crippen molar-refractivity contribution in [2.45, 2.75) is 104 Å². The van der Waals surface area contributed by atoms with Gasteiger partial charge in [-0.15, -0.1) is 22.7 Å². The van der Waals surface area contributed by atoms with Gasteiger partial charge in [0.25, 0.3) is 0 Å². The Morgan fingerprint density at radius 1 is 0.667 bits per heavy atom. The standard InChI is InChI=1S/C28H42N4O2S2/c1-3-5-13-23-17-19-25(35-23)21-29-31-27(33)15-11-9-7-8-10-12-16-28(34)32-30-22-26-20-18-24(36-26)14-6-4-2/h17-22H,3-16H2,1-2H3,(H,31,33)(H,32,34). The minimum atomic E-state index is -0.0361. The molecule has 0 radical (unpaired) electrons. The van der Waals surface area contributed by atoms with E-state index in [2.05, 4.69) is 59.2 Å². The lowest BCUT2D eigenvalue weighted by Gasteiger charge is -2.02. The second-order valence-electron chi connectivity index (χ2n) is 9.02. The lowest BCUT2D eigenvalue weighted by molar-refractivity contribution is -0.122. The zero-order chi connectivity index (χ0) is 25.8. The van der Waals surface area contributed by atoms with Crippen LogP contribution in [0, 0.1) is 0 Å². The highest BCUT2D eigenvalue weighted by Crippen LogP contribution is 2.18. The van der Waals surface area contributed by atoms with Crippen LogP contribution >= 0.6 is 22.7 Å². The smallest absolute Gasteiger partial charge is 0.240 e. The van der Waals surface area contributed by atoms with Gasteiger partial charge in [-0.2, -0.15) is 10.2 Å². The van der Waals surface area contributed by atoms with Crippen LogP contribution in [0.4, 0.5) is 0 Å². The van der Waals surface area contributed by atoms with E-state index >= 15 is 0 Å². The maximum atomic E-state index is 11.9. The van der Waals surface area contributed by atoms with E-state index in [1.807, 2.05) is 0 Å². The Morgan fingerprint density at radius 2 is 1.08 bits per heavy atom. The van der Waals surface area contributed by atoms with Crippen molar-refractivity contribution in [1.29, 1.82) is 0 Å². The molecule has 2 aromatic heterocycles. The molecule has 0 atom stereocenters. The minimum absolute atomic E-state index is 0.0361. The molecule has 0 unspecified atom stereocenters. The van der Waals surface area contributed by atoms with Gasteiger partial charge in [0.15, 0.2) is 0 Å². The average Bonchev–Trinajstić information content (AvgIpc) is 3.52. The van der Waals surface area contributed by atoms with Gasteiger partial charge >= 0.3 is 0 Å². The molecule has 0 fully saturated rings. The normalized spacial score (nSPS) is 11.5. The number of aryl methyl sites for hydroxylation is 2. The lowest BCUT2D eigenvalue weighted by atomic mass is 10.1. The average molecular weight is 531 g/mol. The highest BCUT2D eigenvalue weighted by Gasteiger charge is 2.03. The molecular formula is C28H42N4O2S2. The maximum absolute atomic E-state index is 11.9. The molecule has 36 heavy (non-hydrogen) atoms. The maximum Gasteiger partial charge on any atom is 0.240 e. The first kappa shape index (κ1) is 29.9. The monoisotopic (exact) mass is 530 g/mol. The van der Waals surface area contributed by atoms with Crippen LogP contribution in [-0.2, 0) is 22.4 Å². The number of nitrogens with zero attached hydrogens (tertiary/aromatic N) is 2. The lowest BCUT2D eigenvalue weighted by Crippen LogP contribution is -2.17. The van der Waals surface area contributed by atoms with Crippen molar-refractivity contribution < 1.29 is 9.59 Å². The highest BCUT2D eigenvalue weighted by molar-refractivity contribution is 7.14. The number of hydrogen-bond acceptors (Lipinski definition) is 6. The number of nitrogens with one attached hydrogen (secondary N) is 2. The number of hydrazone groups is 2. The Balaban J connectivity index is 1.43. The number of hydrogen-bond donors (Lipinski definition) is 2. The first-order chi connectivity index (χ1) is 17.6. The topological polar surface area (TPSA) is 82.9 Å². The van der Waals surface area contributed by atoms with Crippen molar-refractivity contribution in [2.75, 3.05) is 0 Å². The Kier molecular flexibility index (Phi) is 15.7. The summed E-state index contributed by atoms with van der Waals surface area (Å²) in [6.07, 6.45) is 17.4. The van der Waals surface area contributed by atoms with Crippen molar-refractivity contribution in [3.8, 4) is 0 Å². The molecule has 0 aliphatic carbocycles. The van der Waals surface area contributed by atoms with Crippen LogP contribution in [-0.4, -0.2) is 24.2 Å². The van der Waals surface area contributed by atoms with E-state index in [0.29, 0.717) is 12.8 Å². The van der Waals surface area contributed by atoms with Crippen LogP contribution in [0.3, 0.4) is 0 Å². The minimum Gasteiger partial charge on any atom is -0.273 e. The number of thiophene rings is 2. The quantitative estimate of drug-likeness (QED) is 0.114. The van der Waals surface area contributed by atoms with Crippen molar-refractivity contribution >= 4 is 46.9 Å². The molecule has 0 aromatic carbocycles. The van der Waals surface area contributed by atoms with E-state index in [1.54, 1.807) is 35.1 Å². The third-order valence-corrected chi connectivity index (χ3v) is 7.90. The Labute approximate surface area is 224 Å². The molecule has 198 valence electrons. The van der Waals surface area contributed by atoms with Crippen molar-refractivity contribution in [3.05, 3.63) is 43.8 Å². The summed E-state index contributed by atoms with van der Waals surface area (Å²) >= 11 is 3.46. The summed E-state index contributed by atoms with van der Waals surface area (Å²) in [4.78, 5) is 28.7. The molecule has 2 aromatic rings. The van der Waals surface area contributed by atoms with Gasteiger partial charge in [-0.1, -0.05) is 52.4 Å². The van der Waals surface area contributed by atoms with E-state index in [9.17, 15) is 9.59 Å². The molecule has 2 heterocycles. The SMILES string of the molecule is CCCCc1ccc(C=NNC(=O)CCCCCCCCC(=O)NN=Cc2ccc(CCCC)s2)s1. The summed E-state index contributed by atoms with van der Waals surface area (Å²) in [6, 6.07) is 8.38. The predicted molar refractivity (Wildman–Crippen MR) is 154 cm³/mol. The zero-order valence-electron chi connectivity index (χ0n) is 21.9. The molecule has 2 N–H and O–H groups in total. The largest absolute Gasteiger partial charge is 0.273 e. The molecule has 0 spiro atoms. The number of carbonyl (C=O) groups is 2. The van der Waals surface area contributed by atoms with E-state index < -0.39 is 0 Å². The first-order valence-corrected chi connectivity index (χ1v) is 15.0. The van der Waals surface area contributed by atoms with Gasteiger partial charge in [0.2, 0.25) is 11.8 Å². The second-order valence-corrected chi connectivity index (χ2v) is 11.4. The number of rotatable bonds is 19. The van der Waals surface area contributed by atoms with Gasteiger partial charge in [-0.25, -0.2) is 10.9 Å². The molecule has 6 nitrogen and oxygen atoms in total. The van der Waals surface area contributed by atoms with E-state index in [4.69, 9.17) is 0 Å². The molecule has 2 amide bonds. The summed E-state index contributed by atoms with van der Waals surface area (Å²) < 4.78 is 0.